The number of H-pyrrole nitrogens is 1. The first-order valence-electron chi connectivity index (χ1n) is 5.99. The molecular weight excluding hydrogens is 276 g/mol. The molecule has 0 unspecified atom stereocenters. The number of nitrogens with zero attached hydrogens (tertiary/aromatic N) is 2. The van der Waals surface area contributed by atoms with Gasteiger partial charge in [0.05, 0.1) is 5.52 Å². The molecule has 0 aliphatic heterocycles. The van der Waals surface area contributed by atoms with Crippen LogP contribution in [-0.4, -0.2) is 14.4 Å². The Morgan fingerprint density at radius 2 is 2.30 bits per heavy atom. The van der Waals surface area contributed by atoms with Gasteiger partial charge in [-0.3, -0.25) is 9.38 Å². The van der Waals surface area contributed by atoms with Crippen molar-refractivity contribution in [3.63, 3.8) is 0 Å². The minimum Gasteiger partial charge on any atom is -0.408 e. The molecule has 4 aromatic rings. The van der Waals surface area contributed by atoms with Crippen LogP contribution in [-0.2, 0) is 0 Å². The molecule has 0 saturated heterocycles. The van der Waals surface area contributed by atoms with E-state index in [0.29, 0.717) is 22.6 Å². The Hall–Kier alpha value is -2.54. The van der Waals surface area contributed by atoms with E-state index in [0.717, 1.165) is 15.4 Å². The van der Waals surface area contributed by atoms with Crippen molar-refractivity contribution in [2.24, 2.45) is 0 Å². The zero-order valence-electron chi connectivity index (χ0n) is 10.5. The zero-order valence-corrected chi connectivity index (χ0v) is 11.3. The summed E-state index contributed by atoms with van der Waals surface area (Å²) in [6, 6.07) is 5.42. The number of nitrogen functional groups attached to an aromatic ring is 1. The number of aryl methyl sites for hydroxylation is 1. The van der Waals surface area contributed by atoms with Crippen LogP contribution in [0.2, 0.25) is 0 Å². The summed E-state index contributed by atoms with van der Waals surface area (Å²) in [5.41, 5.74) is 8.82. The minimum atomic E-state index is -0.466. The van der Waals surface area contributed by atoms with Gasteiger partial charge in [-0.2, -0.15) is 0 Å². The average Bonchev–Trinajstić information content (AvgIpc) is 3.02. The number of imidazole rings is 1. The van der Waals surface area contributed by atoms with E-state index in [1.54, 1.807) is 23.5 Å². The number of hydrogen-bond donors (Lipinski definition) is 2. The lowest BCUT2D eigenvalue weighted by Gasteiger charge is -1.98. The second-order valence-corrected chi connectivity index (χ2v) is 5.78. The van der Waals surface area contributed by atoms with E-state index in [9.17, 15) is 4.79 Å². The van der Waals surface area contributed by atoms with Crippen LogP contribution < -0.4 is 11.5 Å². The van der Waals surface area contributed by atoms with Crippen molar-refractivity contribution in [1.29, 1.82) is 0 Å². The van der Waals surface area contributed by atoms with Crippen LogP contribution in [0.1, 0.15) is 4.88 Å². The molecule has 0 aliphatic carbocycles. The fourth-order valence-corrected chi connectivity index (χ4v) is 3.11. The van der Waals surface area contributed by atoms with E-state index in [4.69, 9.17) is 10.2 Å². The van der Waals surface area contributed by atoms with Gasteiger partial charge in [0.15, 0.2) is 10.5 Å². The molecule has 4 rings (SSSR count). The standard InChI is InChI=1S/C13H10N4O2S/c1-6-5-17-11(14)10(16-12(17)20-6)7-2-3-8-9(4-7)19-13(18)15-8/h2-5H,14H2,1H3,(H,15,18). The summed E-state index contributed by atoms with van der Waals surface area (Å²) in [4.78, 5) is 20.3. The van der Waals surface area contributed by atoms with Crippen LogP contribution in [0.25, 0.3) is 27.3 Å². The summed E-state index contributed by atoms with van der Waals surface area (Å²) < 4.78 is 6.93. The number of oxazole rings is 1. The normalized spacial score (nSPS) is 11.7. The van der Waals surface area contributed by atoms with Crippen LogP contribution in [0.15, 0.2) is 33.6 Å². The van der Waals surface area contributed by atoms with Gasteiger partial charge in [-0.25, -0.2) is 9.78 Å². The quantitative estimate of drug-likeness (QED) is 0.562. The lowest BCUT2D eigenvalue weighted by atomic mass is 10.1. The highest BCUT2D eigenvalue weighted by Crippen LogP contribution is 2.31. The van der Waals surface area contributed by atoms with Crippen LogP contribution in [0.5, 0.6) is 0 Å². The number of thiazole rings is 1. The summed E-state index contributed by atoms with van der Waals surface area (Å²) in [6.45, 7) is 2.01. The number of aromatic nitrogens is 3. The molecule has 3 N–H and O–H groups in total. The summed E-state index contributed by atoms with van der Waals surface area (Å²) in [7, 11) is 0. The molecule has 0 fully saturated rings. The molecule has 3 aromatic heterocycles. The van der Waals surface area contributed by atoms with Crippen LogP contribution in [0, 0.1) is 6.92 Å². The second kappa shape index (κ2) is 3.73. The van der Waals surface area contributed by atoms with Crippen LogP contribution >= 0.6 is 11.3 Å². The van der Waals surface area contributed by atoms with Crippen molar-refractivity contribution < 1.29 is 4.42 Å². The van der Waals surface area contributed by atoms with Crippen molar-refractivity contribution in [3.8, 4) is 11.3 Å². The predicted octanol–water partition coefficient (Wildman–Crippen LogP) is 2.39. The first-order valence-corrected chi connectivity index (χ1v) is 6.81. The lowest BCUT2D eigenvalue weighted by Crippen LogP contribution is -1.92. The number of benzene rings is 1. The third kappa shape index (κ3) is 1.50. The Morgan fingerprint density at radius 1 is 1.45 bits per heavy atom. The highest BCUT2D eigenvalue weighted by molar-refractivity contribution is 7.17. The number of fused-ring (bicyclic) bond motifs is 2. The first kappa shape index (κ1) is 11.3. The van der Waals surface area contributed by atoms with Gasteiger partial charge in [-0.1, -0.05) is 6.07 Å². The molecule has 0 saturated carbocycles. The third-order valence-electron chi connectivity index (χ3n) is 3.17. The van der Waals surface area contributed by atoms with E-state index >= 15 is 0 Å². The number of nitrogens with one attached hydrogen (secondary N) is 1. The van der Waals surface area contributed by atoms with E-state index in [2.05, 4.69) is 9.97 Å². The van der Waals surface area contributed by atoms with Gasteiger partial charge in [0, 0.05) is 16.6 Å². The summed E-state index contributed by atoms with van der Waals surface area (Å²) in [5, 5.41) is 0. The van der Waals surface area contributed by atoms with Gasteiger partial charge >= 0.3 is 5.76 Å². The molecule has 0 spiro atoms. The number of nitrogens with two attached hydrogens (primary N) is 1. The minimum absolute atomic E-state index is 0.466. The first-order chi connectivity index (χ1) is 9.61. The Labute approximate surface area is 116 Å². The molecule has 6 nitrogen and oxygen atoms in total. The molecule has 0 atom stereocenters. The molecule has 0 aliphatic rings. The maximum atomic E-state index is 11.2. The Bertz CT molecular complexity index is 1000. The molecule has 0 amide bonds. The van der Waals surface area contributed by atoms with Gasteiger partial charge in [0.1, 0.15) is 11.5 Å². The van der Waals surface area contributed by atoms with Crippen molar-refractivity contribution in [2.45, 2.75) is 6.92 Å². The van der Waals surface area contributed by atoms with Crippen molar-refractivity contribution >= 4 is 33.2 Å². The number of hydrogen-bond acceptors (Lipinski definition) is 5. The van der Waals surface area contributed by atoms with Crippen molar-refractivity contribution in [1.82, 2.24) is 14.4 Å². The van der Waals surface area contributed by atoms with E-state index in [-0.39, 0.29) is 0 Å². The third-order valence-corrected chi connectivity index (χ3v) is 4.07. The SMILES string of the molecule is Cc1cn2c(N)c(-c3ccc4[nH]c(=O)oc4c3)nc2s1. The van der Waals surface area contributed by atoms with Gasteiger partial charge in [0.2, 0.25) is 0 Å². The molecule has 3 heterocycles. The van der Waals surface area contributed by atoms with E-state index in [1.807, 2.05) is 23.6 Å². The summed E-state index contributed by atoms with van der Waals surface area (Å²) in [5.74, 6) is 0.119. The summed E-state index contributed by atoms with van der Waals surface area (Å²) in [6.07, 6.45) is 1.96. The maximum Gasteiger partial charge on any atom is 0.417 e. The highest BCUT2D eigenvalue weighted by atomic mass is 32.1. The molecular formula is C13H10N4O2S. The van der Waals surface area contributed by atoms with Crippen LogP contribution in [0.3, 0.4) is 0 Å². The summed E-state index contributed by atoms with van der Waals surface area (Å²) >= 11 is 1.58. The lowest BCUT2D eigenvalue weighted by molar-refractivity contribution is 0.555. The Balaban J connectivity index is 1.97. The molecule has 1 aromatic carbocycles. The highest BCUT2D eigenvalue weighted by Gasteiger charge is 2.14. The number of anilines is 1. The molecule has 0 radical (unpaired) electrons. The van der Waals surface area contributed by atoms with Crippen LogP contribution in [0.4, 0.5) is 5.82 Å². The predicted molar refractivity (Wildman–Crippen MR) is 78.0 cm³/mol. The van der Waals surface area contributed by atoms with Gasteiger partial charge in [-0.05, 0) is 19.1 Å². The molecule has 100 valence electrons. The fraction of sp³-hybridized carbons (Fsp3) is 0.0769. The second-order valence-electron chi connectivity index (χ2n) is 4.57. The van der Waals surface area contributed by atoms with Crippen molar-refractivity contribution in [3.05, 3.63) is 39.8 Å². The Kier molecular flexibility index (Phi) is 2.11. The smallest absolute Gasteiger partial charge is 0.408 e. The van der Waals surface area contributed by atoms with Crippen molar-refractivity contribution in [2.75, 3.05) is 5.73 Å². The average molecular weight is 286 g/mol. The zero-order chi connectivity index (χ0) is 13.9. The number of rotatable bonds is 1. The maximum absolute atomic E-state index is 11.2. The fourth-order valence-electron chi connectivity index (χ4n) is 2.28. The topological polar surface area (TPSA) is 89.3 Å². The largest absolute Gasteiger partial charge is 0.417 e. The number of aromatic amines is 1. The van der Waals surface area contributed by atoms with Gasteiger partial charge in [-0.15, -0.1) is 11.3 Å². The van der Waals surface area contributed by atoms with E-state index < -0.39 is 5.76 Å². The monoisotopic (exact) mass is 286 g/mol. The van der Waals surface area contributed by atoms with E-state index in [1.165, 1.54) is 0 Å². The molecule has 0 bridgehead atoms. The van der Waals surface area contributed by atoms with Gasteiger partial charge < -0.3 is 10.2 Å². The Morgan fingerprint density at radius 3 is 3.10 bits per heavy atom. The van der Waals surface area contributed by atoms with Gasteiger partial charge in [0.25, 0.3) is 0 Å². The molecule has 20 heavy (non-hydrogen) atoms. The molecule has 7 heteroatoms.